The Kier molecular flexibility index (Phi) is 5.77. The Labute approximate surface area is 126 Å². The third kappa shape index (κ3) is 4.57. The van der Waals surface area contributed by atoms with Crippen LogP contribution in [0.5, 0.6) is 0 Å². The highest BCUT2D eigenvalue weighted by Gasteiger charge is 2.21. The lowest BCUT2D eigenvalue weighted by Gasteiger charge is -2.28. The number of amides is 1. The first kappa shape index (κ1) is 15.5. The van der Waals surface area contributed by atoms with Crippen molar-refractivity contribution in [3.63, 3.8) is 0 Å². The number of carbonyl (C=O) groups is 1. The van der Waals surface area contributed by atoms with E-state index in [4.69, 9.17) is 5.73 Å². The summed E-state index contributed by atoms with van der Waals surface area (Å²) in [6, 6.07) is 3.81. The van der Waals surface area contributed by atoms with Gasteiger partial charge in [-0.3, -0.25) is 4.79 Å². The Morgan fingerprint density at radius 1 is 1.38 bits per heavy atom. The zero-order chi connectivity index (χ0) is 15.1. The molecule has 0 unspecified atom stereocenters. The molecule has 0 atom stereocenters. The number of carbonyl (C=O) groups excluding carboxylic acids is 1. The van der Waals surface area contributed by atoms with Crippen LogP contribution >= 0.6 is 0 Å². The molecule has 2 rings (SSSR count). The van der Waals surface area contributed by atoms with Crippen molar-refractivity contribution in [2.45, 2.75) is 45.1 Å². The van der Waals surface area contributed by atoms with Gasteiger partial charge in [0, 0.05) is 17.8 Å². The lowest BCUT2D eigenvalue weighted by atomic mass is 9.84. The smallest absolute Gasteiger partial charge is 0.270 e. The second-order valence-corrected chi connectivity index (χ2v) is 5.54. The van der Waals surface area contributed by atoms with Crippen LogP contribution in [-0.4, -0.2) is 23.5 Å². The van der Waals surface area contributed by atoms with Crippen molar-refractivity contribution in [1.82, 2.24) is 10.3 Å². The van der Waals surface area contributed by atoms with Crippen LogP contribution in [0.15, 0.2) is 18.3 Å². The molecule has 0 radical (unpaired) electrons. The molecule has 1 amide bonds. The van der Waals surface area contributed by atoms with E-state index in [0.29, 0.717) is 18.3 Å². The average molecular weight is 285 g/mol. The molecule has 0 saturated heterocycles. The molecule has 1 fully saturated rings. The number of aromatic nitrogens is 1. The lowest BCUT2D eigenvalue weighted by molar-refractivity contribution is 0.0916. The molecule has 4 heteroatoms. The number of hydrogen-bond donors (Lipinski definition) is 2. The Morgan fingerprint density at radius 2 is 2.14 bits per heavy atom. The van der Waals surface area contributed by atoms with Gasteiger partial charge >= 0.3 is 0 Å². The minimum absolute atomic E-state index is 0.0896. The Morgan fingerprint density at radius 3 is 2.71 bits per heavy atom. The molecule has 1 aliphatic carbocycles. The van der Waals surface area contributed by atoms with E-state index in [9.17, 15) is 4.79 Å². The van der Waals surface area contributed by atoms with Crippen LogP contribution < -0.4 is 11.1 Å². The van der Waals surface area contributed by atoms with E-state index in [1.807, 2.05) is 0 Å². The monoisotopic (exact) mass is 285 g/mol. The normalized spacial score (nSPS) is 21.2. The average Bonchev–Trinajstić information content (AvgIpc) is 2.54. The van der Waals surface area contributed by atoms with E-state index in [1.165, 1.54) is 19.3 Å². The molecule has 21 heavy (non-hydrogen) atoms. The first-order valence-electron chi connectivity index (χ1n) is 7.68. The molecular weight excluding hydrogens is 262 g/mol. The van der Waals surface area contributed by atoms with Crippen LogP contribution in [0.1, 0.15) is 55.1 Å². The number of rotatable bonds is 3. The second kappa shape index (κ2) is 7.80. The molecule has 0 aromatic carbocycles. The van der Waals surface area contributed by atoms with E-state index >= 15 is 0 Å². The summed E-state index contributed by atoms with van der Waals surface area (Å²) < 4.78 is 0. The molecule has 0 bridgehead atoms. The quantitative estimate of drug-likeness (QED) is 0.836. The van der Waals surface area contributed by atoms with Crippen LogP contribution in [0.3, 0.4) is 0 Å². The SMILES string of the molecule is CCC1CCC(NC(=O)c2ccc(C#CCN)cn2)CC1. The molecule has 1 heterocycles. The van der Waals surface area contributed by atoms with Crippen molar-refractivity contribution in [2.24, 2.45) is 11.7 Å². The summed E-state index contributed by atoms with van der Waals surface area (Å²) in [6.07, 6.45) is 7.43. The van der Waals surface area contributed by atoms with E-state index < -0.39 is 0 Å². The third-order valence-electron chi connectivity index (χ3n) is 4.09. The van der Waals surface area contributed by atoms with Gasteiger partial charge in [-0.05, 0) is 43.7 Å². The highest BCUT2D eigenvalue weighted by Crippen LogP contribution is 2.26. The van der Waals surface area contributed by atoms with Gasteiger partial charge in [0.1, 0.15) is 5.69 Å². The number of nitrogens with two attached hydrogens (primary N) is 1. The zero-order valence-electron chi connectivity index (χ0n) is 12.6. The molecule has 1 aromatic heterocycles. The highest BCUT2D eigenvalue weighted by molar-refractivity contribution is 5.92. The van der Waals surface area contributed by atoms with Crippen molar-refractivity contribution in [3.05, 3.63) is 29.6 Å². The number of nitrogens with one attached hydrogen (secondary N) is 1. The molecule has 1 aliphatic rings. The summed E-state index contributed by atoms with van der Waals surface area (Å²) in [6.45, 7) is 2.56. The molecule has 3 N–H and O–H groups in total. The maximum absolute atomic E-state index is 12.2. The van der Waals surface area contributed by atoms with E-state index in [1.54, 1.807) is 18.3 Å². The molecule has 1 saturated carbocycles. The minimum Gasteiger partial charge on any atom is -0.348 e. The fraction of sp³-hybridized carbons (Fsp3) is 0.529. The van der Waals surface area contributed by atoms with Gasteiger partial charge in [0.15, 0.2) is 0 Å². The standard InChI is InChI=1S/C17H23N3O/c1-2-13-5-8-15(9-6-13)20-17(21)16-10-7-14(12-19-16)4-3-11-18/h7,10,12-13,15H,2,5-6,8-9,11,18H2,1H3,(H,20,21). The summed E-state index contributed by atoms with van der Waals surface area (Å²) >= 11 is 0. The first-order chi connectivity index (χ1) is 10.2. The minimum atomic E-state index is -0.0896. The van der Waals surface area contributed by atoms with Gasteiger partial charge in [0.25, 0.3) is 5.91 Å². The fourth-order valence-corrected chi connectivity index (χ4v) is 2.73. The van der Waals surface area contributed by atoms with E-state index in [0.717, 1.165) is 24.3 Å². The van der Waals surface area contributed by atoms with Gasteiger partial charge < -0.3 is 11.1 Å². The molecule has 0 spiro atoms. The molecular formula is C17H23N3O. The predicted octanol–water partition coefficient (Wildman–Crippen LogP) is 2.09. The van der Waals surface area contributed by atoms with Gasteiger partial charge in [0.05, 0.1) is 6.54 Å². The molecule has 112 valence electrons. The van der Waals surface area contributed by atoms with Crippen LogP contribution in [-0.2, 0) is 0 Å². The number of nitrogens with zero attached hydrogens (tertiary/aromatic N) is 1. The molecule has 0 aliphatic heterocycles. The van der Waals surface area contributed by atoms with Crippen molar-refractivity contribution >= 4 is 5.91 Å². The van der Waals surface area contributed by atoms with Crippen molar-refractivity contribution in [1.29, 1.82) is 0 Å². The maximum Gasteiger partial charge on any atom is 0.270 e. The Hall–Kier alpha value is -1.86. The summed E-state index contributed by atoms with van der Waals surface area (Å²) in [5, 5.41) is 3.08. The van der Waals surface area contributed by atoms with Gasteiger partial charge in [-0.25, -0.2) is 4.98 Å². The Balaban J connectivity index is 1.88. The molecule has 1 aromatic rings. The van der Waals surface area contributed by atoms with E-state index in [2.05, 4.69) is 29.1 Å². The third-order valence-corrected chi connectivity index (χ3v) is 4.09. The topological polar surface area (TPSA) is 68.0 Å². The lowest BCUT2D eigenvalue weighted by Crippen LogP contribution is -2.37. The molecule has 4 nitrogen and oxygen atoms in total. The second-order valence-electron chi connectivity index (χ2n) is 5.54. The predicted molar refractivity (Wildman–Crippen MR) is 83.7 cm³/mol. The first-order valence-corrected chi connectivity index (χ1v) is 7.68. The van der Waals surface area contributed by atoms with Gasteiger partial charge in [-0.2, -0.15) is 0 Å². The number of pyridine rings is 1. The van der Waals surface area contributed by atoms with Crippen LogP contribution in [0.2, 0.25) is 0 Å². The highest BCUT2D eigenvalue weighted by atomic mass is 16.1. The van der Waals surface area contributed by atoms with Crippen molar-refractivity contribution < 1.29 is 4.79 Å². The summed E-state index contributed by atoms with van der Waals surface area (Å²) in [4.78, 5) is 16.3. The summed E-state index contributed by atoms with van der Waals surface area (Å²) in [7, 11) is 0. The fourth-order valence-electron chi connectivity index (χ4n) is 2.73. The van der Waals surface area contributed by atoms with Crippen molar-refractivity contribution in [2.75, 3.05) is 6.54 Å². The van der Waals surface area contributed by atoms with Gasteiger partial charge in [0.2, 0.25) is 0 Å². The van der Waals surface area contributed by atoms with Gasteiger partial charge in [-0.1, -0.05) is 25.2 Å². The van der Waals surface area contributed by atoms with Crippen LogP contribution in [0, 0.1) is 17.8 Å². The van der Waals surface area contributed by atoms with E-state index in [-0.39, 0.29) is 5.91 Å². The summed E-state index contributed by atoms with van der Waals surface area (Å²) in [5.41, 5.74) is 6.55. The van der Waals surface area contributed by atoms with Crippen LogP contribution in [0.4, 0.5) is 0 Å². The maximum atomic E-state index is 12.2. The van der Waals surface area contributed by atoms with Gasteiger partial charge in [-0.15, -0.1) is 0 Å². The van der Waals surface area contributed by atoms with Crippen molar-refractivity contribution in [3.8, 4) is 11.8 Å². The summed E-state index contributed by atoms with van der Waals surface area (Å²) in [5.74, 6) is 6.40. The number of hydrogen-bond acceptors (Lipinski definition) is 3. The Bertz CT molecular complexity index is 519. The van der Waals surface area contributed by atoms with Crippen LogP contribution in [0.25, 0.3) is 0 Å². The largest absolute Gasteiger partial charge is 0.348 e. The zero-order valence-corrected chi connectivity index (χ0v) is 12.6.